The summed E-state index contributed by atoms with van der Waals surface area (Å²) >= 11 is 1.88. The molecule has 0 bridgehead atoms. The number of benzene rings is 1. The van der Waals surface area contributed by atoms with E-state index < -0.39 is 9.84 Å². The first-order valence-electron chi connectivity index (χ1n) is 7.44. The lowest BCUT2D eigenvalue weighted by molar-refractivity contribution is 0.264. The fourth-order valence-electron chi connectivity index (χ4n) is 2.97. The third-order valence-electron chi connectivity index (χ3n) is 4.34. The van der Waals surface area contributed by atoms with E-state index in [-0.39, 0.29) is 5.75 Å². The van der Waals surface area contributed by atoms with Crippen molar-refractivity contribution in [2.45, 2.75) is 35.4 Å². The highest BCUT2D eigenvalue weighted by Gasteiger charge is 2.30. The van der Waals surface area contributed by atoms with E-state index in [4.69, 9.17) is 5.26 Å². The van der Waals surface area contributed by atoms with Crippen LogP contribution in [0.25, 0.3) is 0 Å². The molecule has 1 fully saturated rings. The van der Waals surface area contributed by atoms with Crippen molar-refractivity contribution >= 4 is 21.6 Å². The number of hydrogen-bond acceptors (Lipinski definition) is 5. The molecule has 0 spiro atoms. The molecule has 0 N–H and O–H groups in total. The molecule has 1 aliphatic rings. The fourth-order valence-corrected chi connectivity index (χ4v) is 5.35. The van der Waals surface area contributed by atoms with E-state index in [1.54, 1.807) is 12.1 Å². The standard InChI is InChI=1S/C16H22N2O2S2/c1-18(15-4-3-5-16(15)21-2)10-11-22(19,20)14-8-6-13(12-17)7-9-14/h6-9,15-16H,3-5,10-11H2,1-2H3. The van der Waals surface area contributed by atoms with Gasteiger partial charge in [-0.3, -0.25) is 0 Å². The molecule has 0 heterocycles. The van der Waals surface area contributed by atoms with Gasteiger partial charge in [-0.05, 0) is 50.4 Å². The maximum atomic E-state index is 12.4. The van der Waals surface area contributed by atoms with Crippen molar-refractivity contribution in [1.29, 1.82) is 5.26 Å². The molecular formula is C16H22N2O2S2. The van der Waals surface area contributed by atoms with Crippen molar-refractivity contribution in [2.75, 3.05) is 25.6 Å². The van der Waals surface area contributed by atoms with E-state index in [0.717, 1.165) is 6.42 Å². The Morgan fingerprint density at radius 3 is 2.59 bits per heavy atom. The molecule has 0 aliphatic heterocycles. The first-order chi connectivity index (χ1) is 10.5. The number of nitrogens with zero attached hydrogens (tertiary/aromatic N) is 2. The predicted molar refractivity (Wildman–Crippen MR) is 90.8 cm³/mol. The van der Waals surface area contributed by atoms with Crippen LogP contribution >= 0.6 is 11.8 Å². The highest BCUT2D eigenvalue weighted by atomic mass is 32.2. The SMILES string of the molecule is CSC1CCCC1N(C)CCS(=O)(=O)c1ccc(C#N)cc1. The Morgan fingerprint density at radius 2 is 2.00 bits per heavy atom. The van der Waals surface area contributed by atoms with Crippen LogP contribution in [0.2, 0.25) is 0 Å². The Hall–Kier alpha value is -1.03. The van der Waals surface area contributed by atoms with Gasteiger partial charge in [-0.1, -0.05) is 6.42 Å². The van der Waals surface area contributed by atoms with Gasteiger partial charge in [0.15, 0.2) is 9.84 Å². The van der Waals surface area contributed by atoms with Gasteiger partial charge in [-0.25, -0.2) is 8.42 Å². The summed E-state index contributed by atoms with van der Waals surface area (Å²) in [5.41, 5.74) is 0.477. The Morgan fingerprint density at radius 1 is 1.32 bits per heavy atom. The number of sulfone groups is 1. The van der Waals surface area contributed by atoms with Gasteiger partial charge in [0.2, 0.25) is 0 Å². The molecule has 1 saturated carbocycles. The molecule has 2 unspecified atom stereocenters. The van der Waals surface area contributed by atoms with Crippen molar-refractivity contribution in [3.05, 3.63) is 29.8 Å². The lowest BCUT2D eigenvalue weighted by Gasteiger charge is -2.28. The van der Waals surface area contributed by atoms with Crippen LogP contribution in [0.15, 0.2) is 29.2 Å². The quantitative estimate of drug-likeness (QED) is 0.798. The summed E-state index contributed by atoms with van der Waals surface area (Å²) < 4.78 is 24.8. The average Bonchev–Trinajstić information content (AvgIpc) is 3.01. The average molecular weight is 338 g/mol. The summed E-state index contributed by atoms with van der Waals surface area (Å²) in [5, 5.41) is 9.38. The largest absolute Gasteiger partial charge is 0.301 e. The Kier molecular flexibility index (Phi) is 5.90. The van der Waals surface area contributed by atoms with E-state index in [2.05, 4.69) is 11.2 Å². The minimum Gasteiger partial charge on any atom is -0.301 e. The summed E-state index contributed by atoms with van der Waals surface area (Å²) in [5.74, 6) is 0.118. The maximum Gasteiger partial charge on any atom is 0.179 e. The van der Waals surface area contributed by atoms with Crippen molar-refractivity contribution in [2.24, 2.45) is 0 Å². The molecule has 1 aromatic rings. The second-order valence-corrected chi connectivity index (χ2v) is 8.89. The van der Waals surface area contributed by atoms with Gasteiger partial charge in [0.1, 0.15) is 0 Å². The maximum absolute atomic E-state index is 12.4. The lowest BCUT2D eigenvalue weighted by atomic mass is 10.2. The molecule has 4 nitrogen and oxygen atoms in total. The van der Waals surface area contributed by atoms with Crippen molar-refractivity contribution in [3.63, 3.8) is 0 Å². The second kappa shape index (κ2) is 7.49. The number of thioether (sulfide) groups is 1. The van der Waals surface area contributed by atoms with Crippen LogP contribution in [0.1, 0.15) is 24.8 Å². The Balaban J connectivity index is 1.98. The van der Waals surface area contributed by atoms with Gasteiger partial charge in [-0.15, -0.1) is 0 Å². The number of hydrogen-bond donors (Lipinski definition) is 0. The monoisotopic (exact) mass is 338 g/mol. The van der Waals surface area contributed by atoms with E-state index in [9.17, 15) is 8.42 Å². The molecule has 1 aliphatic carbocycles. The van der Waals surface area contributed by atoms with Crippen LogP contribution in [-0.4, -0.2) is 50.2 Å². The second-order valence-electron chi connectivity index (χ2n) is 5.71. The van der Waals surface area contributed by atoms with Crippen molar-refractivity contribution in [1.82, 2.24) is 4.90 Å². The van der Waals surface area contributed by atoms with Crippen LogP contribution in [0.4, 0.5) is 0 Å². The minimum absolute atomic E-state index is 0.118. The smallest absolute Gasteiger partial charge is 0.179 e. The van der Waals surface area contributed by atoms with Gasteiger partial charge in [-0.2, -0.15) is 17.0 Å². The van der Waals surface area contributed by atoms with Crippen LogP contribution in [0, 0.1) is 11.3 Å². The van der Waals surface area contributed by atoms with E-state index >= 15 is 0 Å². The number of rotatable bonds is 6. The molecule has 1 aromatic carbocycles. The van der Waals surface area contributed by atoms with E-state index in [1.165, 1.54) is 25.0 Å². The topological polar surface area (TPSA) is 61.2 Å². The zero-order valence-corrected chi connectivity index (χ0v) is 14.7. The molecule has 2 atom stereocenters. The van der Waals surface area contributed by atoms with Gasteiger partial charge in [0.25, 0.3) is 0 Å². The molecular weight excluding hydrogens is 316 g/mol. The third-order valence-corrected chi connectivity index (χ3v) is 7.21. The molecule has 22 heavy (non-hydrogen) atoms. The first-order valence-corrected chi connectivity index (χ1v) is 10.4. The third kappa shape index (κ3) is 4.03. The molecule has 0 amide bonds. The van der Waals surface area contributed by atoms with E-state index in [0.29, 0.717) is 28.3 Å². The molecule has 0 aromatic heterocycles. The Bertz CT molecular complexity index is 635. The van der Waals surface area contributed by atoms with Crippen LogP contribution in [-0.2, 0) is 9.84 Å². The Labute approximate surface area is 137 Å². The molecule has 0 radical (unpaired) electrons. The fraction of sp³-hybridized carbons (Fsp3) is 0.562. The highest BCUT2D eigenvalue weighted by Crippen LogP contribution is 2.31. The van der Waals surface area contributed by atoms with Gasteiger partial charge in [0, 0.05) is 17.8 Å². The van der Waals surface area contributed by atoms with Crippen LogP contribution in [0.3, 0.4) is 0 Å². The lowest BCUT2D eigenvalue weighted by Crippen LogP contribution is -2.38. The number of nitriles is 1. The summed E-state index contributed by atoms with van der Waals surface area (Å²) in [4.78, 5) is 2.49. The highest BCUT2D eigenvalue weighted by molar-refractivity contribution is 7.99. The summed E-state index contributed by atoms with van der Waals surface area (Å²) in [6.45, 7) is 0.546. The van der Waals surface area contributed by atoms with Crippen molar-refractivity contribution < 1.29 is 8.42 Å². The zero-order chi connectivity index (χ0) is 16.2. The van der Waals surface area contributed by atoms with Crippen LogP contribution < -0.4 is 0 Å². The summed E-state index contributed by atoms with van der Waals surface area (Å²) in [6, 6.07) is 8.63. The van der Waals surface area contributed by atoms with Gasteiger partial charge in [0.05, 0.1) is 22.3 Å². The zero-order valence-electron chi connectivity index (χ0n) is 13.0. The van der Waals surface area contributed by atoms with Gasteiger partial charge >= 0.3 is 0 Å². The predicted octanol–water partition coefficient (Wildman–Crippen LogP) is 2.55. The summed E-state index contributed by atoms with van der Waals surface area (Å²) in [7, 11) is -1.27. The van der Waals surface area contributed by atoms with E-state index in [1.807, 2.05) is 24.9 Å². The van der Waals surface area contributed by atoms with Crippen molar-refractivity contribution in [3.8, 4) is 6.07 Å². The van der Waals surface area contributed by atoms with Crippen LogP contribution in [0.5, 0.6) is 0 Å². The molecule has 120 valence electrons. The minimum atomic E-state index is -3.29. The summed E-state index contributed by atoms with van der Waals surface area (Å²) in [6.07, 6.45) is 5.73. The first kappa shape index (κ1) is 17.3. The normalized spacial score (nSPS) is 21.9. The molecule has 0 saturated heterocycles. The molecule has 6 heteroatoms. The molecule has 2 rings (SSSR count). The van der Waals surface area contributed by atoms with Gasteiger partial charge < -0.3 is 4.90 Å².